The molecule has 0 aliphatic carbocycles. The van der Waals surface area contributed by atoms with Crippen LogP contribution in [0.15, 0.2) is 60.7 Å². The van der Waals surface area contributed by atoms with Crippen molar-refractivity contribution in [1.82, 2.24) is 15.3 Å². The van der Waals surface area contributed by atoms with Crippen LogP contribution in [0, 0.1) is 0 Å². The van der Waals surface area contributed by atoms with E-state index in [9.17, 15) is 14.4 Å². The van der Waals surface area contributed by atoms with E-state index < -0.39 is 18.1 Å². The van der Waals surface area contributed by atoms with Gasteiger partial charge in [-0.25, -0.2) is 0 Å². The van der Waals surface area contributed by atoms with E-state index in [1.54, 1.807) is 24.3 Å². The van der Waals surface area contributed by atoms with Gasteiger partial charge in [0.1, 0.15) is 6.54 Å². The lowest BCUT2D eigenvalue weighted by molar-refractivity contribution is -0.162. The minimum atomic E-state index is -0.708. The Morgan fingerprint density at radius 2 is 1.50 bits per heavy atom. The minimum Gasteiger partial charge on any atom is -0.336 e. The maximum atomic E-state index is 12.5. The number of hydrazine groups is 1. The van der Waals surface area contributed by atoms with E-state index in [4.69, 9.17) is 0 Å². The Balaban J connectivity index is 1.55. The highest BCUT2D eigenvalue weighted by Crippen LogP contribution is 2.24. The van der Waals surface area contributed by atoms with Crippen LogP contribution in [0.25, 0.3) is 0 Å². The molecule has 0 bridgehead atoms. The van der Waals surface area contributed by atoms with Crippen molar-refractivity contribution in [3.63, 3.8) is 0 Å². The zero-order chi connectivity index (χ0) is 18.1. The molecule has 2 aliphatic rings. The van der Waals surface area contributed by atoms with Crippen molar-refractivity contribution in [3.8, 4) is 0 Å². The predicted molar refractivity (Wildman–Crippen MR) is 94.9 cm³/mol. The van der Waals surface area contributed by atoms with Crippen LogP contribution in [0.3, 0.4) is 0 Å². The molecule has 2 saturated heterocycles. The van der Waals surface area contributed by atoms with E-state index in [-0.39, 0.29) is 12.3 Å². The van der Waals surface area contributed by atoms with Gasteiger partial charge in [-0.3, -0.25) is 24.3 Å². The van der Waals surface area contributed by atoms with E-state index in [1.165, 1.54) is 4.90 Å². The molecule has 0 aromatic heterocycles. The average Bonchev–Trinajstić information content (AvgIpc) is 3.11. The highest BCUT2D eigenvalue weighted by Gasteiger charge is 2.45. The first-order chi connectivity index (χ1) is 12.6. The van der Waals surface area contributed by atoms with Crippen LogP contribution >= 0.6 is 0 Å². The third-order valence-corrected chi connectivity index (χ3v) is 4.62. The minimum absolute atomic E-state index is 0.193. The first-order valence-corrected chi connectivity index (χ1v) is 8.44. The topological polar surface area (TPSA) is 73.0 Å². The fraction of sp³-hybridized carbons (Fsp3) is 0.211. The molecule has 0 spiro atoms. The normalized spacial score (nSPS) is 19.7. The van der Waals surface area contributed by atoms with E-state index in [1.807, 2.05) is 41.3 Å². The molecule has 0 radical (unpaired) electrons. The zero-order valence-corrected chi connectivity index (χ0v) is 14.0. The number of nitrogens with zero attached hydrogens (tertiary/aromatic N) is 3. The van der Waals surface area contributed by atoms with E-state index in [0.29, 0.717) is 18.7 Å². The van der Waals surface area contributed by atoms with Crippen LogP contribution in [0.2, 0.25) is 0 Å². The highest BCUT2D eigenvalue weighted by atomic mass is 16.2. The summed E-state index contributed by atoms with van der Waals surface area (Å²) in [5.74, 6) is -1.52. The van der Waals surface area contributed by atoms with Gasteiger partial charge in [-0.05, 0) is 12.1 Å². The second-order valence-corrected chi connectivity index (χ2v) is 6.21. The third-order valence-electron chi connectivity index (χ3n) is 4.62. The number of carbonyl (C=O) groups excluding carboxylic acids is 3. The summed E-state index contributed by atoms with van der Waals surface area (Å²) in [5, 5.41) is 1.13. The van der Waals surface area contributed by atoms with Gasteiger partial charge in [0.05, 0.1) is 0 Å². The van der Waals surface area contributed by atoms with Crippen LogP contribution in [0.5, 0.6) is 0 Å². The Morgan fingerprint density at radius 1 is 0.885 bits per heavy atom. The summed E-state index contributed by atoms with van der Waals surface area (Å²) in [7, 11) is 0. The molecule has 2 aromatic carbocycles. The smallest absolute Gasteiger partial charge is 0.326 e. The number of para-hydroxylation sites is 1. The predicted octanol–water partition coefficient (Wildman–Crippen LogP) is 0.848. The fourth-order valence-corrected chi connectivity index (χ4v) is 3.28. The molecule has 2 amide bonds. The summed E-state index contributed by atoms with van der Waals surface area (Å²) in [5.41, 5.74) is 4.49. The standard InChI is InChI=1S/C19H18N4O3/c24-16(14-7-3-1-4-8-14)13-23-18(26)17(25)22-12-11-21(19(22)20-23)15-9-5-2-6-10-15/h1-10,19-20H,11-13H2. The number of benzene rings is 2. The molecule has 132 valence electrons. The summed E-state index contributed by atoms with van der Waals surface area (Å²) < 4.78 is 0. The molecular formula is C19H18N4O3. The van der Waals surface area contributed by atoms with Gasteiger partial charge in [0.15, 0.2) is 12.1 Å². The second kappa shape index (κ2) is 6.61. The second-order valence-electron chi connectivity index (χ2n) is 6.21. The van der Waals surface area contributed by atoms with Gasteiger partial charge in [0, 0.05) is 24.3 Å². The van der Waals surface area contributed by atoms with Gasteiger partial charge < -0.3 is 4.90 Å². The lowest BCUT2D eigenvalue weighted by atomic mass is 10.1. The van der Waals surface area contributed by atoms with Crippen LogP contribution in [0.4, 0.5) is 5.69 Å². The number of hydrogen-bond acceptors (Lipinski definition) is 5. The molecule has 7 heteroatoms. The molecular weight excluding hydrogens is 332 g/mol. The van der Waals surface area contributed by atoms with Crippen molar-refractivity contribution >= 4 is 23.3 Å². The maximum Gasteiger partial charge on any atom is 0.326 e. The molecule has 1 atom stereocenters. The summed E-state index contributed by atoms with van der Waals surface area (Å²) in [6.45, 7) is 0.875. The Morgan fingerprint density at radius 3 is 2.19 bits per heavy atom. The van der Waals surface area contributed by atoms with Crippen LogP contribution in [-0.4, -0.2) is 53.4 Å². The summed E-state index contributed by atoms with van der Waals surface area (Å²) in [6.07, 6.45) is -0.480. The van der Waals surface area contributed by atoms with Crippen molar-refractivity contribution in [3.05, 3.63) is 66.2 Å². The van der Waals surface area contributed by atoms with Gasteiger partial charge >= 0.3 is 11.8 Å². The number of anilines is 1. The summed E-state index contributed by atoms with van der Waals surface area (Å²) in [6, 6.07) is 18.4. The molecule has 1 N–H and O–H groups in total. The molecule has 0 saturated carbocycles. The van der Waals surface area contributed by atoms with Crippen LogP contribution in [0.1, 0.15) is 10.4 Å². The number of fused-ring (bicyclic) bond motifs is 1. The van der Waals surface area contributed by atoms with E-state index >= 15 is 0 Å². The average molecular weight is 350 g/mol. The molecule has 1 unspecified atom stereocenters. The Bertz CT molecular complexity index is 840. The Kier molecular flexibility index (Phi) is 4.14. The molecule has 26 heavy (non-hydrogen) atoms. The van der Waals surface area contributed by atoms with Crippen LogP contribution < -0.4 is 10.3 Å². The van der Waals surface area contributed by atoms with Gasteiger partial charge in [-0.2, -0.15) is 5.43 Å². The SMILES string of the molecule is O=C(CN1NC2N(CCN2c2ccccc2)C(=O)C1=O)c1ccccc1. The number of ketones is 1. The number of rotatable bonds is 4. The number of nitrogens with one attached hydrogen (secondary N) is 1. The number of carbonyl (C=O) groups is 3. The van der Waals surface area contributed by atoms with Crippen molar-refractivity contribution in [2.45, 2.75) is 6.29 Å². The number of amides is 2. The highest BCUT2D eigenvalue weighted by molar-refractivity contribution is 6.35. The zero-order valence-electron chi connectivity index (χ0n) is 14.0. The lowest BCUT2D eigenvalue weighted by Gasteiger charge is -2.40. The summed E-state index contributed by atoms with van der Waals surface area (Å²) in [4.78, 5) is 40.8. The van der Waals surface area contributed by atoms with E-state index in [2.05, 4.69) is 5.43 Å². The quantitative estimate of drug-likeness (QED) is 0.654. The molecule has 7 nitrogen and oxygen atoms in total. The van der Waals surface area contributed by atoms with Crippen molar-refractivity contribution in [1.29, 1.82) is 0 Å². The fourth-order valence-electron chi connectivity index (χ4n) is 3.28. The van der Waals surface area contributed by atoms with Crippen molar-refractivity contribution in [2.75, 3.05) is 24.5 Å². The first-order valence-electron chi connectivity index (χ1n) is 8.44. The monoisotopic (exact) mass is 350 g/mol. The molecule has 2 fully saturated rings. The number of Topliss-reactive ketones (excluding diaryl/α,β-unsaturated/α-hetero) is 1. The maximum absolute atomic E-state index is 12.5. The third kappa shape index (κ3) is 2.82. The van der Waals surface area contributed by atoms with Crippen molar-refractivity contribution in [2.24, 2.45) is 0 Å². The molecule has 2 aromatic rings. The lowest BCUT2D eigenvalue weighted by Crippen LogP contribution is -2.68. The van der Waals surface area contributed by atoms with Gasteiger partial charge in [-0.15, -0.1) is 0 Å². The van der Waals surface area contributed by atoms with Gasteiger partial charge in [0.25, 0.3) is 0 Å². The molecule has 4 rings (SSSR count). The summed E-state index contributed by atoms with van der Waals surface area (Å²) >= 11 is 0. The van der Waals surface area contributed by atoms with Gasteiger partial charge in [-0.1, -0.05) is 48.5 Å². The van der Waals surface area contributed by atoms with E-state index in [0.717, 1.165) is 10.7 Å². The Labute approximate surface area is 150 Å². The first kappa shape index (κ1) is 16.3. The van der Waals surface area contributed by atoms with Crippen LogP contribution in [-0.2, 0) is 9.59 Å². The van der Waals surface area contributed by atoms with Crippen molar-refractivity contribution < 1.29 is 14.4 Å². The largest absolute Gasteiger partial charge is 0.336 e. The number of hydrogen-bond donors (Lipinski definition) is 1. The Hall–Kier alpha value is -3.19. The molecule has 2 aliphatic heterocycles. The van der Waals surface area contributed by atoms with Gasteiger partial charge in [0.2, 0.25) is 0 Å². The molecule has 2 heterocycles.